The Kier molecular flexibility index (Phi) is 32.1. The molecule has 12 saturated carbocycles. The molecule has 3 N–H and O–H groups in total. The minimum absolute atomic E-state index is 0.0341. The zero-order valence-electron chi connectivity index (χ0n) is 86.5. The first kappa shape index (κ1) is 104. The lowest BCUT2D eigenvalue weighted by Gasteiger charge is -2.65. The van der Waals surface area contributed by atoms with Crippen molar-refractivity contribution >= 4 is 52.6 Å². The van der Waals surface area contributed by atoms with Crippen molar-refractivity contribution in [3.05, 3.63) is 179 Å². The van der Waals surface area contributed by atoms with Crippen LogP contribution in [0, 0.1) is 155 Å². The summed E-state index contributed by atoms with van der Waals surface area (Å²) in [7, 11) is 0. The fourth-order valence-corrected chi connectivity index (χ4v) is 32.6. The molecule has 15 aliphatic carbocycles. The molecule has 0 saturated heterocycles. The molecule has 0 spiro atoms. The van der Waals surface area contributed by atoms with Crippen molar-refractivity contribution in [3.63, 3.8) is 0 Å². The van der Waals surface area contributed by atoms with Gasteiger partial charge in [0.25, 0.3) is 0 Å². The number of carboxylic acid groups (broad SMARTS) is 3. The van der Waals surface area contributed by atoms with Crippen LogP contribution in [0.1, 0.15) is 352 Å². The van der Waals surface area contributed by atoms with Gasteiger partial charge in [0, 0.05) is 93.3 Å². The number of ketones is 6. The fourth-order valence-electron chi connectivity index (χ4n) is 32.6. The van der Waals surface area contributed by atoms with Gasteiger partial charge in [-0.1, -0.05) is 291 Å². The average Bonchev–Trinajstić information content (AvgIpc) is 1.64. The van der Waals surface area contributed by atoms with Crippen molar-refractivity contribution in [3.8, 4) is 33.4 Å². The number of rotatable bonds is 12. The van der Waals surface area contributed by atoms with Crippen LogP contribution >= 0.6 is 0 Å². The SMILES string of the molecule is CC.CC.CC.C[C@H](CCC(=O)O)[C@H]1CC[C@H]2[C@@H]3C(=O)CC4CC(=O)CC[C@]4(C)[C@H]3CC(C)(C)[C@]12C.C[C@H](CCC(=O)O)[C@H]1CC[C@H]2[C@@H]3C(=O)CC4CC(C)(C)CC[C@]4(C)[C@H]3CC(=O)[C@]12C.C[C@H](CCC(=O)O)[C@H]1CC[C@H]2[C@H]3[C@H](CC(=O)[C@]12C)[C@@]1(C)CCC(=O)CC1CC3(C)C.c1ccc2c(c1)Cc1ccccc1-2.c1ccc2c(c1)Cc1ccccc1-2.c1ccc2c(c1)Cc1ccccc1-2. The van der Waals surface area contributed by atoms with E-state index in [9.17, 15) is 48.3 Å². The molecule has 24 atom stereocenters. The Hall–Kier alpha value is -8.25. The lowest BCUT2D eigenvalue weighted by Crippen LogP contribution is -2.62. The van der Waals surface area contributed by atoms with Gasteiger partial charge in [-0.2, -0.15) is 0 Å². The van der Waals surface area contributed by atoms with Gasteiger partial charge in [0.05, 0.1) is 0 Å². The van der Waals surface area contributed by atoms with Gasteiger partial charge in [-0.25, -0.2) is 0 Å². The number of carbonyl (C=O) groups excluding carboxylic acids is 6. The molecule has 732 valence electrons. The molecule has 6 aromatic rings. The summed E-state index contributed by atoms with van der Waals surface area (Å²) in [6.07, 6.45) is 24.8. The third-order valence-electron chi connectivity index (χ3n) is 40.0. The number of aliphatic carboxylic acids is 3. The first-order chi connectivity index (χ1) is 64.1. The molecule has 0 bridgehead atoms. The highest BCUT2D eigenvalue weighted by Crippen LogP contribution is 2.75. The van der Waals surface area contributed by atoms with E-state index in [1.165, 1.54) is 73.2 Å². The van der Waals surface area contributed by atoms with E-state index in [2.05, 4.69) is 249 Å². The summed E-state index contributed by atoms with van der Waals surface area (Å²) in [6, 6.07) is 51.9. The van der Waals surface area contributed by atoms with E-state index in [0.717, 1.165) is 103 Å². The zero-order chi connectivity index (χ0) is 98.2. The van der Waals surface area contributed by atoms with E-state index >= 15 is 0 Å². The average molecular weight is 1840 g/mol. The number of hydrogen-bond donors (Lipinski definition) is 3. The highest BCUT2D eigenvalue weighted by molar-refractivity contribution is 5.93. The van der Waals surface area contributed by atoms with Crippen molar-refractivity contribution in [2.24, 2.45) is 155 Å². The summed E-state index contributed by atoms with van der Waals surface area (Å²) in [5, 5.41) is 27.4. The van der Waals surface area contributed by atoms with E-state index in [4.69, 9.17) is 10.2 Å². The van der Waals surface area contributed by atoms with Gasteiger partial charge in [0.1, 0.15) is 34.7 Å². The second-order valence-corrected chi connectivity index (χ2v) is 47.7. The molecule has 15 aliphatic rings. The van der Waals surface area contributed by atoms with Crippen molar-refractivity contribution < 1.29 is 58.5 Å². The standard InChI is InChI=1S/3C26H40O4.3C13H10.3C2H6/c1-15(6-9-22(29)30)18-7-8-19-23-20(13-21(28)26(18,19)5)25(4)11-10-17(27)12-16(25)14-24(23,2)3;1-15(6-9-22(29)30)17-7-8-18-23-19(13-21(28)26(17,18)5)25(4)11-10-24(2,3)14-16(25)12-20(23)27;1-15(6-9-22(29)30)18-7-8-19-23-20(14-24(2,3)26(18,19)5)25(4)11-10-17(27)12-16(25)13-21(23)28;3*1-3-7-12-10(5-1)9-11-6-2-4-8-13(11)12;3*1-2/h15-16,18-20,23H,6-14H2,1-5H3,(H,29,30);15-19,23H,6-14H2,1-5H3,(H,29,30);15-16,18-20,23H,6-14H2,1-5H3,(H,29,30);3*1-8H,9H2;3*1-2H3/t15-,16?,18-,19+,20+,23+,25+,26-;15-,16?,17-,18+,19+,23+,25+,26-;15-,16?,18-,19+,20+,23+,25+,26-;;;;;;/m111....../s1. The molecule has 6 aromatic carbocycles. The predicted octanol–water partition coefficient (Wildman–Crippen LogP) is 29.4. The number of hydrogen-bond acceptors (Lipinski definition) is 9. The van der Waals surface area contributed by atoms with Gasteiger partial charge >= 0.3 is 17.9 Å². The van der Waals surface area contributed by atoms with Gasteiger partial charge < -0.3 is 15.3 Å². The molecule has 0 radical (unpaired) electrons. The molecule has 12 nitrogen and oxygen atoms in total. The van der Waals surface area contributed by atoms with Gasteiger partial charge in [-0.15, -0.1) is 0 Å². The van der Waals surface area contributed by atoms with Crippen LogP contribution in [-0.2, 0) is 62.4 Å². The fraction of sp³-hybridized carbons (Fsp3) is 0.634. The number of Topliss-reactive ketones (excluding diaryl/α,β-unsaturated/α-hetero) is 6. The minimum Gasteiger partial charge on any atom is -0.481 e. The molecule has 12 heteroatoms. The highest BCUT2D eigenvalue weighted by atomic mass is 16.4. The van der Waals surface area contributed by atoms with Crippen molar-refractivity contribution in [1.29, 1.82) is 0 Å². The van der Waals surface area contributed by atoms with Crippen LogP contribution in [0.4, 0.5) is 0 Å². The van der Waals surface area contributed by atoms with Gasteiger partial charge in [-0.05, 0) is 321 Å². The molecule has 135 heavy (non-hydrogen) atoms. The molecule has 0 aromatic heterocycles. The Bertz CT molecular complexity index is 4930. The largest absolute Gasteiger partial charge is 0.481 e. The zero-order valence-corrected chi connectivity index (χ0v) is 86.5. The second kappa shape index (κ2) is 41.7. The molecular formula is C123H168O12. The molecule has 0 heterocycles. The van der Waals surface area contributed by atoms with Crippen LogP contribution in [0.5, 0.6) is 0 Å². The number of carbonyl (C=O) groups is 9. The summed E-state index contributed by atoms with van der Waals surface area (Å²) in [5.41, 5.74) is 17.4. The summed E-state index contributed by atoms with van der Waals surface area (Å²) in [6.45, 7) is 46.7. The van der Waals surface area contributed by atoms with Crippen molar-refractivity contribution in [1.82, 2.24) is 0 Å². The Labute approximate surface area is 811 Å². The van der Waals surface area contributed by atoms with Crippen LogP contribution in [0.3, 0.4) is 0 Å². The first-order valence-electron chi connectivity index (χ1n) is 53.4. The van der Waals surface area contributed by atoms with E-state index in [-0.39, 0.29) is 105 Å². The predicted molar refractivity (Wildman–Crippen MR) is 546 cm³/mol. The maximum absolute atomic E-state index is 13.8. The van der Waals surface area contributed by atoms with Gasteiger partial charge in [0.15, 0.2) is 0 Å². The summed E-state index contributed by atoms with van der Waals surface area (Å²) in [5.74, 6) is 5.65. The van der Waals surface area contributed by atoms with Crippen LogP contribution in [0.15, 0.2) is 146 Å². The Morgan fingerprint density at radius 3 is 1.06 bits per heavy atom. The molecule has 21 rings (SSSR count). The second-order valence-electron chi connectivity index (χ2n) is 47.7. The minimum atomic E-state index is -0.766. The van der Waals surface area contributed by atoms with Gasteiger partial charge in [0.2, 0.25) is 0 Å². The molecule has 3 unspecified atom stereocenters. The Morgan fingerprint density at radius 2 is 0.652 bits per heavy atom. The summed E-state index contributed by atoms with van der Waals surface area (Å²) in [4.78, 5) is 112. The summed E-state index contributed by atoms with van der Waals surface area (Å²) < 4.78 is 0. The number of carboxylic acids is 3. The summed E-state index contributed by atoms with van der Waals surface area (Å²) >= 11 is 0. The van der Waals surface area contributed by atoms with E-state index in [1.807, 2.05) is 41.5 Å². The quantitative estimate of drug-likeness (QED) is 0.104. The Morgan fingerprint density at radius 1 is 0.333 bits per heavy atom. The maximum Gasteiger partial charge on any atom is 0.303 e. The first-order valence-corrected chi connectivity index (χ1v) is 53.4. The number of benzene rings is 6. The third kappa shape index (κ3) is 19.7. The highest BCUT2D eigenvalue weighted by Gasteiger charge is 2.71. The van der Waals surface area contributed by atoms with E-state index in [1.54, 1.807) is 0 Å². The Balaban J connectivity index is 0.000000140. The van der Waals surface area contributed by atoms with Crippen LogP contribution in [-0.4, -0.2) is 67.9 Å². The van der Waals surface area contributed by atoms with Gasteiger partial charge in [-0.3, -0.25) is 43.2 Å². The van der Waals surface area contributed by atoms with Crippen molar-refractivity contribution in [2.75, 3.05) is 0 Å². The van der Waals surface area contributed by atoms with Crippen LogP contribution in [0.25, 0.3) is 33.4 Å². The normalized spacial score (nSPS) is 34.3. The molecule has 0 aliphatic heterocycles. The monoisotopic (exact) mass is 1840 g/mol. The number of fused-ring (bicyclic) bond motifs is 24. The van der Waals surface area contributed by atoms with E-state index in [0.29, 0.717) is 164 Å². The molecular weight excluding hydrogens is 1670 g/mol. The topological polar surface area (TPSA) is 214 Å². The van der Waals surface area contributed by atoms with E-state index < -0.39 is 23.3 Å². The lowest BCUT2D eigenvalue weighted by molar-refractivity contribution is -0.182. The smallest absolute Gasteiger partial charge is 0.303 e. The van der Waals surface area contributed by atoms with Crippen molar-refractivity contribution in [2.45, 2.75) is 338 Å². The lowest BCUT2D eigenvalue weighted by atomic mass is 9.39. The molecule has 12 fully saturated rings. The third-order valence-corrected chi connectivity index (χ3v) is 40.0. The van der Waals surface area contributed by atoms with Crippen LogP contribution in [0.2, 0.25) is 0 Å². The maximum atomic E-state index is 13.8. The molecule has 0 amide bonds. The van der Waals surface area contributed by atoms with Crippen LogP contribution < -0.4 is 0 Å².